The van der Waals surface area contributed by atoms with Crippen molar-refractivity contribution in [3.05, 3.63) is 11.8 Å². The third kappa shape index (κ3) is 3.12. The lowest BCUT2D eigenvalue weighted by Gasteiger charge is -2.55. The van der Waals surface area contributed by atoms with Gasteiger partial charge in [0.05, 0.1) is 0 Å². The molecule has 0 aliphatic heterocycles. The molecule has 7 atom stereocenters. The summed E-state index contributed by atoms with van der Waals surface area (Å²) in [5.41, 5.74) is -5.97. The predicted octanol–water partition coefficient (Wildman–Crippen LogP) is 5.64. The lowest BCUT2D eigenvalue weighted by Crippen LogP contribution is -2.48. The second-order valence-corrected chi connectivity index (χ2v) is 11.1. The maximum atomic E-state index is 12.8. The summed E-state index contributed by atoms with van der Waals surface area (Å²) in [6.45, 7) is 4.25. The molecule has 4 rings (SSSR count). The van der Waals surface area contributed by atoms with Crippen LogP contribution in [0.2, 0.25) is 0 Å². The average molecular weight is 407 g/mol. The van der Waals surface area contributed by atoms with Gasteiger partial charge >= 0.3 is 15.6 Å². The minimum absolute atomic E-state index is 0.0302. The minimum atomic E-state index is -5.59. The molecule has 0 spiro atoms. The van der Waals surface area contributed by atoms with Crippen molar-refractivity contribution in [2.75, 3.05) is 0 Å². The van der Waals surface area contributed by atoms with Gasteiger partial charge in [-0.1, -0.05) is 20.3 Å². The van der Waals surface area contributed by atoms with E-state index in [0.29, 0.717) is 18.3 Å². The van der Waals surface area contributed by atoms with E-state index in [9.17, 15) is 21.6 Å². The van der Waals surface area contributed by atoms with Crippen LogP contribution in [-0.2, 0) is 14.3 Å². The van der Waals surface area contributed by atoms with Crippen LogP contribution in [0.4, 0.5) is 13.2 Å². The smallest absolute Gasteiger partial charge is 0.380 e. The molecule has 0 N–H and O–H groups in total. The molecule has 0 bridgehead atoms. The standard InChI is InChI=1S/C20H29F3O3S/c1-12-3-5-14-13(11-12)4-6-16-15(14)9-10-19(2)17(16)7-8-18(19)26-27(24,25)20(21,22)23/h8,12-17H,3-7,9-11H2,1-2H3/t12-,13+,14+,15-,16-,17+,19+/m1/s1. The van der Waals surface area contributed by atoms with E-state index in [0.717, 1.165) is 37.0 Å². The van der Waals surface area contributed by atoms with Crippen molar-refractivity contribution < 1.29 is 25.8 Å². The number of fused-ring (bicyclic) bond motifs is 5. The molecule has 0 radical (unpaired) electrons. The van der Waals surface area contributed by atoms with Crippen LogP contribution >= 0.6 is 0 Å². The summed E-state index contributed by atoms with van der Waals surface area (Å²) in [5, 5.41) is 0. The fourth-order valence-corrected chi connectivity index (χ4v) is 7.50. The van der Waals surface area contributed by atoms with Crippen LogP contribution < -0.4 is 0 Å². The Kier molecular flexibility index (Phi) is 4.64. The molecule has 0 aromatic rings. The summed E-state index contributed by atoms with van der Waals surface area (Å²) < 4.78 is 66.1. The van der Waals surface area contributed by atoms with E-state index < -0.39 is 21.0 Å². The van der Waals surface area contributed by atoms with Gasteiger partial charge in [0.2, 0.25) is 0 Å². The normalized spacial score (nSPS) is 44.7. The Hall–Kier alpha value is -0.720. The molecule has 3 fully saturated rings. The molecule has 154 valence electrons. The minimum Gasteiger partial charge on any atom is -0.380 e. The first-order chi connectivity index (χ1) is 12.5. The van der Waals surface area contributed by atoms with Gasteiger partial charge in [-0.3, -0.25) is 0 Å². The maximum absolute atomic E-state index is 12.8. The predicted molar refractivity (Wildman–Crippen MR) is 95.8 cm³/mol. The zero-order chi connectivity index (χ0) is 19.6. The van der Waals surface area contributed by atoms with Crippen LogP contribution in [-0.4, -0.2) is 13.9 Å². The molecule has 0 heterocycles. The summed E-state index contributed by atoms with van der Waals surface area (Å²) >= 11 is 0. The first kappa shape index (κ1) is 19.6. The second-order valence-electron chi connectivity index (χ2n) is 9.60. The van der Waals surface area contributed by atoms with E-state index in [1.807, 2.05) is 6.92 Å². The van der Waals surface area contributed by atoms with Crippen LogP contribution in [0.3, 0.4) is 0 Å². The molecule has 3 nitrogen and oxygen atoms in total. The summed E-state index contributed by atoms with van der Waals surface area (Å²) in [7, 11) is -5.59. The van der Waals surface area contributed by atoms with Gasteiger partial charge in [-0.05, 0) is 86.5 Å². The SMILES string of the molecule is C[C@@H]1CC[C@H]2[C@@H](CC[C@@H]3[C@@H]2CC[C@]2(C)C(OS(=O)(=O)C(F)(F)F)=CC[C@@H]32)C1. The van der Waals surface area contributed by atoms with Gasteiger partial charge in [0.15, 0.2) is 0 Å². The molecule has 27 heavy (non-hydrogen) atoms. The monoisotopic (exact) mass is 406 g/mol. The lowest BCUT2D eigenvalue weighted by molar-refractivity contribution is -0.0648. The fraction of sp³-hybridized carbons (Fsp3) is 0.900. The first-order valence-corrected chi connectivity index (χ1v) is 11.6. The number of hydrogen-bond acceptors (Lipinski definition) is 3. The lowest BCUT2D eigenvalue weighted by atomic mass is 9.50. The molecule has 0 unspecified atom stereocenters. The molecule has 3 saturated carbocycles. The zero-order valence-corrected chi connectivity index (χ0v) is 16.8. The summed E-state index contributed by atoms with van der Waals surface area (Å²) in [4.78, 5) is 0. The van der Waals surface area contributed by atoms with E-state index >= 15 is 0 Å². The molecule has 0 amide bonds. The van der Waals surface area contributed by atoms with Gasteiger partial charge in [0.1, 0.15) is 5.76 Å². The summed E-state index contributed by atoms with van der Waals surface area (Å²) in [6, 6.07) is 0. The first-order valence-electron chi connectivity index (χ1n) is 10.2. The van der Waals surface area contributed by atoms with Crippen LogP contribution in [0.5, 0.6) is 0 Å². The van der Waals surface area contributed by atoms with Crippen LogP contribution in [0.15, 0.2) is 11.8 Å². The highest BCUT2D eigenvalue weighted by atomic mass is 32.2. The average Bonchev–Trinajstić information content (AvgIpc) is 2.89. The molecule has 0 aromatic heterocycles. The zero-order valence-electron chi connectivity index (χ0n) is 16.0. The van der Waals surface area contributed by atoms with E-state index in [1.54, 1.807) is 6.08 Å². The second kappa shape index (κ2) is 6.39. The van der Waals surface area contributed by atoms with E-state index in [4.69, 9.17) is 0 Å². The molecular weight excluding hydrogens is 377 g/mol. The number of hydrogen-bond donors (Lipinski definition) is 0. The molecular formula is C20H29F3O3S. The Bertz CT molecular complexity index is 729. The Labute approximate surface area is 159 Å². The molecule has 0 saturated heterocycles. The summed E-state index contributed by atoms with van der Waals surface area (Å²) in [6.07, 6.45) is 10.1. The van der Waals surface area contributed by atoms with Gasteiger partial charge in [-0.15, -0.1) is 0 Å². The van der Waals surface area contributed by atoms with Crippen molar-refractivity contribution in [2.24, 2.45) is 40.9 Å². The van der Waals surface area contributed by atoms with Crippen molar-refractivity contribution in [3.63, 3.8) is 0 Å². The quantitative estimate of drug-likeness (QED) is 0.441. The Balaban J connectivity index is 1.53. The largest absolute Gasteiger partial charge is 0.534 e. The third-order valence-corrected chi connectivity index (χ3v) is 9.18. The van der Waals surface area contributed by atoms with Crippen LogP contribution in [0.25, 0.3) is 0 Å². The maximum Gasteiger partial charge on any atom is 0.534 e. The van der Waals surface area contributed by atoms with Crippen molar-refractivity contribution in [1.82, 2.24) is 0 Å². The number of halogens is 3. The van der Waals surface area contributed by atoms with Crippen LogP contribution in [0, 0.1) is 40.9 Å². The highest BCUT2D eigenvalue weighted by Gasteiger charge is 2.58. The Morgan fingerprint density at radius 2 is 1.78 bits per heavy atom. The van der Waals surface area contributed by atoms with Gasteiger partial charge in [0.25, 0.3) is 0 Å². The Morgan fingerprint density at radius 3 is 2.48 bits per heavy atom. The third-order valence-electron chi connectivity index (χ3n) is 8.21. The van der Waals surface area contributed by atoms with Crippen molar-refractivity contribution in [2.45, 2.75) is 70.7 Å². The van der Waals surface area contributed by atoms with E-state index in [-0.39, 0.29) is 11.7 Å². The van der Waals surface area contributed by atoms with Gasteiger partial charge in [-0.25, -0.2) is 0 Å². The van der Waals surface area contributed by atoms with Crippen LogP contribution in [0.1, 0.15) is 65.2 Å². The van der Waals surface area contributed by atoms with Crippen molar-refractivity contribution in [1.29, 1.82) is 0 Å². The van der Waals surface area contributed by atoms with Gasteiger partial charge < -0.3 is 4.18 Å². The highest BCUT2D eigenvalue weighted by molar-refractivity contribution is 7.87. The van der Waals surface area contributed by atoms with E-state index in [1.165, 1.54) is 25.7 Å². The molecule has 0 aromatic carbocycles. The number of allylic oxidation sites excluding steroid dienone is 2. The van der Waals surface area contributed by atoms with Crippen molar-refractivity contribution >= 4 is 10.1 Å². The highest BCUT2D eigenvalue weighted by Crippen LogP contribution is 2.63. The molecule has 7 heteroatoms. The van der Waals surface area contributed by atoms with E-state index in [2.05, 4.69) is 11.1 Å². The summed E-state index contributed by atoms with van der Waals surface area (Å²) in [5.74, 6) is 3.70. The fourth-order valence-electron chi connectivity index (χ4n) is 6.91. The number of rotatable bonds is 2. The number of alkyl halides is 3. The van der Waals surface area contributed by atoms with Crippen molar-refractivity contribution in [3.8, 4) is 0 Å². The van der Waals surface area contributed by atoms with Gasteiger partial charge in [0, 0.05) is 5.41 Å². The van der Waals surface area contributed by atoms with Gasteiger partial charge in [-0.2, -0.15) is 21.6 Å². The molecule has 4 aliphatic rings. The topological polar surface area (TPSA) is 43.4 Å². The Morgan fingerprint density at radius 1 is 1.07 bits per heavy atom. The molecule has 4 aliphatic carbocycles.